The molecule has 0 saturated heterocycles. The van der Waals surface area contributed by atoms with Crippen molar-refractivity contribution >= 4 is 39.2 Å². The summed E-state index contributed by atoms with van der Waals surface area (Å²) in [5, 5.41) is 12.3. The van der Waals surface area contributed by atoms with E-state index in [1.807, 2.05) is 12.1 Å². The van der Waals surface area contributed by atoms with E-state index < -0.39 is 5.97 Å². The predicted molar refractivity (Wildman–Crippen MR) is 69.0 cm³/mol. The van der Waals surface area contributed by atoms with E-state index in [2.05, 4.69) is 21.2 Å². The van der Waals surface area contributed by atoms with E-state index in [0.29, 0.717) is 11.6 Å². The van der Waals surface area contributed by atoms with Gasteiger partial charge in [-0.15, -0.1) is 0 Å². The Kier molecular flexibility index (Phi) is 4.83. The molecule has 0 aliphatic carbocycles. The SMILES string of the molecule is C/C(=C/C(=O)O)CNc1cccc(Cl)c1Br. The van der Waals surface area contributed by atoms with Crippen LogP contribution in [0.5, 0.6) is 0 Å². The lowest BCUT2D eigenvalue weighted by atomic mass is 10.2. The molecule has 1 aromatic rings. The largest absolute Gasteiger partial charge is 0.478 e. The first-order valence-electron chi connectivity index (χ1n) is 4.58. The Morgan fingerprint density at radius 1 is 1.62 bits per heavy atom. The molecule has 0 atom stereocenters. The van der Waals surface area contributed by atoms with Gasteiger partial charge in [-0.3, -0.25) is 0 Å². The van der Waals surface area contributed by atoms with Gasteiger partial charge in [-0.25, -0.2) is 4.79 Å². The van der Waals surface area contributed by atoms with Crippen molar-refractivity contribution in [3.63, 3.8) is 0 Å². The highest BCUT2D eigenvalue weighted by Gasteiger charge is 2.03. The van der Waals surface area contributed by atoms with E-state index in [9.17, 15) is 4.79 Å². The minimum atomic E-state index is -0.940. The molecule has 0 fully saturated rings. The second kappa shape index (κ2) is 5.92. The van der Waals surface area contributed by atoms with Crippen LogP contribution in [0.3, 0.4) is 0 Å². The zero-order valence-corrected chi connectivity index (χ0v) is 11.0. The molecule has 0 amide bonds. The summed E-state index contributed by atoms with van der Waals surface area (Å²) < 4.78 is 0.778. The topological polar surface area (TPSA) is 49.3 Å². The van der Waals surface area contributed by atoms with Crippen molar-refractivity contribution in [3.05, 3.63) is 39.3 Å². The monoisotopic (exact) mass is 303 g/mol. The Hall–Kier alpha value is -1.000. The van der Waals surface area contributed by atoms with Gasteiger partial charge < -0.3 is 10.4 Å². The van der Waals surface area contributed by atoms with Crippen molar-refractivity contribution in [2.24, 2.45) is 0 Å². The van der Waals surface area contributed by atoms with Crippen molar-refractivity contribution in [1.82, 2.24) is 0 Å². The molecule has 16 heavy (non-hydrogen) atoms. The van der Waals surface area contributed by atoms with E-state index in [1.54, 1.807) is 13.0 Å². The van der Waals surface area contributed by atoms with Crippen LogP contribution in [0.25, 0.3) is 0 Å². The summed E-state index contributed by atoms with van der Waals surface area (Å²) >= 11 is 9.27. The summed E-state index contributed by atoms with van der Waals surface area (Å²) in [4.78, 5) is 10.4. The van der Waals surface area contributed by atoms with Crippen LogP contribution in [0.1, 0.15) is 6.92 Å². The molecule has 86 valence electrons. The Morgan fingerprint density at radius 2 is 2.31 bits per heavy atom. The highest BCUT2D eigenvalue weighted by Crippen LogP contribution is 2.29. The van der Waals surface area contributed by atoms with Crippen LogP contribution < -0.4 is 5.32 Å². The van der Waals surface area contributed by atoms with Gasteiger partial charge in [-0.1, -0.05) is 17.7 Å². The molecule has 1 rings (SSSR count). The van der Waals surface area contributed by atoms with E-state index in [4.69, 9.17) is 16.7 Å². The summed E-state index contributed by atoms with van der Waals surface area (Å²) in [5.41, 5.74) is 1.57. The minimum Gasteiger partial charge on any atom is -0.478 e. The van der Waals surface area contributed by atoms with Gasteiger partial charge in [0, 0.05) is 12.6 Å². The second-order valence-electron chi connectivity index (χ2n) is 3.28. The zero-order chi connectivity index (χ0) is 12.1. The molecule has 5 heteroatoms. The molecule has 2 N–H and O–H groups in total. The summed E-state index contributed by atoms with van der Waals surface area (Å²) in [6.45, 7) is 2.21. The van der Waals surface area contributed by atoms with Gasteiger partial charge in [0.1, 0.15) is 0 Å². The van der Waals surface area contributed by atoms with Gasteiger partial charge in [0.05, 0.1) is 15.2 Å². The quantitative estimate of drug-likeness (QED) is 0.836. The highest BCUT2D eigenvalue weighted by atomic mass is 79.9. The molecule has 0 radical (unpaired) electrons. The molecule has 0 saturated carbocycles. The number of nitrogens with one attached hydrogen (secondary N) is 1. The van der Waals surface area contributed by atoms with E-state index >= 15 is 0 Å². The van der Waals surface area contributed by atoms with Crippen molar-refractivity contribution in [2.45, 2.75) is 6.92 Å². The van der Waals surface area contributed by atoms with Gasteiger partial charge in [0.15, 0.2) is 0 Å². The fourth-order valence-corrected chi connectivity index (χ4v) is 1.72. The Balaban J connectivity index is 2.68. The van der Waals surface area contributed by atoms with Crippen LogP contribution in [-0.2, 0) is 4.79 Å². The first-order chi connectivity index (χ1) is 7.50. The van der Waals surface area contributed by atoms with Crippen molar-refractivity contribution in [3.8, 4) is 0 Å². The maximum Gasteiger partial charge on any atom is 0.328 e. The Labute approximate surface area is 107 Å². The lowest BCUT2D eigenvalue weighted by molar-refractivity contribution is -0.131. The Morgan fingerprint density at radius 3 is 2.94 bits per heavy atom. The van der Waals surface area contributed by atoms with Crippen LogP contribution >= 0.6 is 27.5 Å². The van der Waals surface area contributed by atoms with Crippen molar-refractivity contribution < 1.29 is 9.90 Å². The summed E-state index contributed by atoms with van der Waals surface area (Å²) in [7, 11) is 0. The van der Waals surface area contributed by atoms with Crippen LogP contribution in [0.2, 0.25) is 5.02 Å². The fraction of sp³-hybridized carbons (Fsp3) is 0.182. The van der Waals surface area contributed by atoms with Crippen molar-refractivity contribution in [2.75, 3.05) is 11.9 Å². The molecule has 3 nitrogen and oxygen atoms in total. The number of carboxylic acids is 1. The van der Waals surface area contributed by atoms with E-state index in [-0.39, 0.29) is 0 Å². The third kappa shape index (κ3) is 3.87. The number of halogens is 2. The molecular formula is C11H11BrClNO2. The third-order valence-electron chi connectivity index (χ3n) is 1.88. The van der Waals surface area contributed by atoms with Crippen LogP contribution in [-0.4, -0.2) is 17.6 Å². The molecule has 0 aliphatic rings. The number of carboxylic acid groups (broad SMARTS) is 1. The fourth-order valence-electron chi connectivity index (χ4n) is 1.14. The molecule has 0 spiro atoms. The number of rotatable bonds is 4. The molecule has 0 bridgehead atoms. The molecule has 0 aliphatic heterocycles. The van der Waals surface area contributed by atoms with Crippen LogP contribution in [0.4, 0.5) is 5.69 Å². The molecule has 0 aromatic heterocycles. The summed E-state index contributed by atoms with van der Waals surface area (Å²) in [6.07, 6.45) is 1.17. The smallest absolute Gasteiger partial charge is 0.328 e. The third-order valence-corrected chi connectivity index (χ3v) is 3.28. The van der Waals surface area contributed by atoms with E-state index in [0.717, 1.165) is 15.7 Å². The van der Waals surface area contributed by atoms with E-state index in [1.165, 1.54) is 6.08 Å². The standard InChI is InChI=1S/C11H11BrClNO2/c1-7(5-10(15)16)6-14-9-4-2-3-8(13)11(9)12/h2-5,14H,6H2,1H3,(H,15,16)/b7-5-. The number of hydrogen-bond donors (Lipinski definition) is 2. The lowest BCUT2D eigenvalue weighted by Crippen LogP contribution is -2.05. The first-order valence-corrected chi connectivity index (χ1v) is 5.76. The number of anilines is 1. The molecule has 1 aromatic carbocycles. The highest BCUT2D eigenvalue weighted by molar-refractivity contribution is 9.10. The number of aliphatic carboxylic acids is 1. The van der Waals surface area contributed by atoms with Crippen LogP contribution in [0.15, 0.2) is 34.3 Å². The first kappa shape index (κ1) is 13.1. The molecule has 0 unspecified atom stereocenters. The lowest BCUT2D eigenvalue weighted by Gasteiger charge is -2.09. The summed E-state index contributed by atoms with van der Waals surface area (Å²) in [6, 6.07) is 5.46. The maximum atomic E-state index is 10.4. The average Bonchev–Trinajstić information content (AvgIpc) is 2.19. The summed E-state index contributed by atoms with van der Waals surface area (Å²) in [5.74, 6) is -0.940. The zero-order valence-electron chi connectivity index (χ0n) is 8.63. The van der Waals surface area contributed by atoms with Crippen LogP contribution in [0, 0.1) is 0 Å². The number of hydrogen-bond acceptors (Lipinski definition) is 2. The van der Waals surface area contributed by atoms with Crippen molar-refractivity contribution in [1.29, 1.82) is 0 Å². The predicted octanol–water partition coefficient (Wildman–Crippen LogP) is 3.55. The van der Waals surface area contributed by atoms with Gasteiger partial charge in [0.2, 0.25) is 0 Å². The van der Waals surface area contributed by atoms with Gasteiger partial charge in [-0.05, 0) is 40.6 Å². The normalized spacial score (nSPS) is 11.3. The van der Waals surface area contributed by atoms with Gasteiger partial charge in [0.25, 0.3) is 0 Å². The maximum absolute atomic E-state index is 10.4. The average molecular weight is 305 g/mol. The number of benzene rings is 1. The molecule has 0 heterocycles. The van der Waals surface area contributed by atoms with Gasteiger partial charge >= 0.3 is 5.97 Å². The Bertz CT molecular complexity index is 432. The second-order valence-corrected chi connectivity index (χ2v) is 4.48. The minimum absolute atomic E-state index is 0.464. The molecular weight excluding hydrogens is 293 g/mol. The number of carbonyl (C=O) groups is 1. The van der Waals surface area contributed by atoms with Gasteiger partial charge in [-0.2, -0.15) is 0 Å².